The van der Waals surface area contributed by atoms with Gasteiger partial charge in [-0.25, -0.2) is 5.43 Å². The Kier molecular flexibility index (Phi) is 6.15. The van der Waals surface area contributed by atoms with Gasteiger partial charge in [0.1, 0.15) is 5.75 Å². The maximum Gasteiger partial charge on any atom is 0.277 e. The molecule has 0 aliphatic carbocycles. The van der Waals surface area contributed by atoms with Crippen molar-refractivity contribution in [1.29, 1.82) is 0 Å². The van der Waals surface area contributed by atoms with Crippen molar-refractivity contribution >= 4 is 39.7 Å². The third kappa shape index (κ3) is 5.51. The number of hydrazone groups is 1. The van der Waals surface area contributed by atoms with Crippen molar-refractivity contribution in [2.24, 2.45) is 11.0 Å². The first-order chi connectivity index (χ1) is 8.49. The van der Waals surface area contributed by atoms with Crippen molar-refractivity contribution in [3.63, 3.8) is 0 Å². The summed E-state index contributed by atoms with van der Waals surface area (Å²) >= 11 is 9.09. The Morgan fingerprint density at radius 1 is 1.61 bits per heavy atom. The van der Waals surface area contributed by atoms with Crippen molar-refractivity contribution in [3.8, 4) is 5.75 Å². The van der Waals surface area contributed by atoms with Gasteiger partial charge >= 0.3 is 0 Å². The topological polar surface area (TPSA) is 50.7 Å². The average Bonchev–Trinajstić information content (AvgIpc) is 2.27. The quantitative estimate of drug-likeness (QED) is 0.664. The van der Waals surface area contributed by atoms with Gasteiger partial charge in [-0.3, -0.25) is 4.79 Å². The highest BCUT2D eigenvalue weighted by atomic mass is 79.9. The van der Waals surface area contributed by atoms with Crippen LogP contribution in [0.2, 0.25) is 5.02 Å². The lowest BCUT2D eigenvalue weighted by Crippen LogP contribution is -2.24. The number of rotatable bonds is 5. The summed E-state index contributed by atoms with van der Waals surface area (Å²) in [6, 6.07) is 5.08. The van der Waals surface area contributed by atoms with E-state index in [4.69, 9.17) is 16.3 Å². The number of ether oxygens (including phenoxy) is 1. The van der Waals surface area contributed by atoms with Crippen LogP contribution in [-0.2, 0) is 4.79 Å². The van der Waals surface area contributed by atoms with Gasteiger partial charge in [-0.15, -0.1) is 0 Å². The van der Waals surface area contributed by atoms with Crippen molar-refractivity contribution in [2.45, 2.75) is 13.8 Å². The summed E-state index contributed by atoms with van der Waals surface area (Å²) < 4.78 is 6.02. The lowest BCUT2D eigenvalue weighted by molar-refractivity contribution is -0.123. The molecule has 0 aliphatic rings. The van der Waals surface area contributed by atoms with E-state index >= 15 is 0 Å². The molecule has 0 fully saturated rings. The summed E-state index contributed by atoms with van der Waals surface area (Å²) in [6.07, 6.45) is 1.65. The van der Waals surface area contributed by atoms with E-state index in [-0.39, 0.29) is 18.4 Å². The predicted octanol–water partition coefficient (Wildman–Crippen LogP) is 3.24. The van der Waals surface area contributed by atoms with Gasteiger partial charge in [0.05, 0.1) is 4.47 Å². The first-order valence-corrected chi connectivity index (χ1v) is 6.56. The zero-order valence-corrected chi connectivity index (χ0v) is 12.5. The molecule has 1 rings (SSSR count). The molecule has 0 aliphatic heterocycles. The van der Waals surface area contributed by atoms with E-state index in [0.717, 1.165) is 0 Å². The summed E-state index contributed by atoms with van der Waals surface area (Å²) in [5.74, 6) is 0.535. The van der Waals surface area contributed by atoms with Crippen molar-refractivity contribution in [3.05, 3.63) is 27.7 Å². The smallest absolute Gasteiger partial charge is 0.277 e. The number of carbonyl (C=O) groups is 1. The first-order valence-electron chi connectivity index (χ1n) is 5.39. The molecule has 0 heterocycles. The molecule has 98 valence electrons. The zero-order valence-electron chi connectivity index (χ0n) is 10.1. The lowest BCUT2D eigenvalue weighted by Gasteiger charge is -2.07. The van der Waals surface area contributed by atoms with Gasteiger partial charge in [-0.2, -0.15) is 5.10 Å². The normalized spacial score (nSPS) is 10.9. The van der Waals surface area contributed by atoms with Gasteiger partial charge in [0, 0.05) is 11.2 Å². The van der Waals surface area contributed by atoms with Crippen LogP contribution in [0.15, 0.2) is 27.8 Å². The summed E-state index contributed by atoms with van der Waals surface area (Å²) in [6.45, 7) is 3.84. The predicted molar refractivity (Wildman–Crippen MR) is 76.1 cm³/mol. The second kappa shape index (κ2) is 7.38. The number of halogens is 2. The van der Waals surface area contributed by atoms with Gasteiger partial charge < -0.3 is 4.74 Å². The van der Waals surface area contributed by atoms with E-state index in [1.54, 1.807) is 24.4 Å². The van der Waals surface area contributed by atoms with E-state index in [9.17, 15) is 4.79 Å². The van der Waals surface area contributed by atoms with E-state index in [1.807, 2.05) is 13.8 Å². The van der Waals surface area contributed by atoms with Gasteiger partial charge in [-0.05, 0) is 40.0 Å². The summed E-state index contributed by atoms with van der Waals surface area (Å²) in [5, 5.41) is 4.38. The molecular formula is C12H14BrClN2O2. The molecule has 0 radical (unpaired) electrons. The van der Waals surface area contributed by atoms with Crippen LogP contribution in [0.1, 0.15) is 13.8 Å². The summed E-state index contributed by atoms with van der Waals surface area (Å²) in [4.78, 5) is 11.4. The molecule has 0 saturated heterocycles. The fraction of sp³-hybridized carbons (Fsp3) is 0.333. The molecule has 1 amide bonds. The molecule has 4 nitrogen and oxygen atoms in total. The Bertz CT molecular complexity index is 450. The third-order valence-electron chi connectivity index (χ3n) is 1.81. The van der Waals surface area contributed by atoms with Crippen LogP contribution in [0.3, 0.4) is 0 Å². The van der Waals surface area contributed by atoms with Crippen LogP contribution >= 0.6 is 27.5 Å². The van der Waals surface area contributed by atoms with Gasteiger partial charge in [-0.1, -0.05) is 25.4 Å². The largest absolute Gasteiger partial charge is 0.483 e. The highest BCUT2D eigenvalue weighted by Crippen LogP contribution is 2.27. The standard InChI is InChI=1S/C12H14BrClN2O2/c1-8(2)6-15-16-12(17)7-18-11-4-3-9(14)5-10(11)13/h3-6,8H,7H2,1-2H3,(H,16,17)/b15-6+. The number of hydrogen-bond donors (Lipinski definition) is 1. The van der Waals surface area contributed by atoms with E-state index in [1.165, 1.54) is 0 Å². The Balaban J connectivity index is 2.43. The first kappa shape index (κ1) is 15.0. The molecule has 1 N–H and O–H groups in total. The molecule has 0 aromatic heterocycles. The Labute approximate surface area is 119 Å². The van der Waals surface area contributed by atoms with E-state index < -0.39 is 0 Å². The third-order valence-corrected chi connectivity index (χ3v) is 2.67. The minimum absolute atomic E-state index is 0.102. The molecule has 0 spiro atoms. The molecule has 0 bridgehead atoms. The number of nitrogens with zero attached hydrogens (tertiary/aromatic N) is 1. The number of amides is 1. The Morgan fingerprint density at radius 2 is 2.33 bits per heavy atom. The Hall–Kier alpha value is -1.07. The minimum Gasteiger partial charge on any atom is -0.483 e. The van der Waals surface area contributed by atoms with Crippen molar-refractivity contribution in [2.75, 3.05) is 6.61 Å². The number of carbonyl (C=O) groups excluding carboxylic acids is 1. The summed E-state index contributed by atoms with van der Waals surface area (Å²) in [5.41, 5.74) is 2.38. The van der Waals surface area contributed by atoms with Gasteiger partial charge in [0.15, 0.2) is 6.61 Å². The fourth-order valence-electron chi connectivity index (χ4n) is 1.03. The average molecular weight is 334 g/mol. The molecule has 6 heteroatoms. The van der Waals surface area contributed by atoms with Crippen LogP contribution < -0.4 is 10.2 Å². The van der Waals surface area contributed by atoms with E-state index in [2.05, 4.69) is 26.5 Å². The second-order valence-electron chi connectivity index (χ2n) is 3.92. The van der Waals surface area contributed by atoms with Crippen LogP contribution in [0.25, 0.3) is 0 Å². The van der Waals surface area contributed by atoms with Crippen LogP contribution in [-0.4, -0.2) is 18.7 Å². The number of benzene rings is 1. The second-order valence-corrected chi connectivity index (χ2v) is 5.21. The van der Waals surface area contributed by atoms with Crippen LogP contribution in [0, 0.1) is 5.92 Å². The van der Waals surface area contributed by atoms with Crippen molar-refractivity contribution in [1.82, 2.24) is 5.43 Å². The number of nitrogens with one attached hydrogen (secondary N) is 1. The van der Waals surface area contributed by atoms with Gasteiger partial charge in [0.25, 0.3) is 5.91 Å². The van der Waals surface area contributed by atoms with E-state index in [0.29, 0.717) is 15.2 Å². The summed E-state index contributed by atoms with van der Waals surface area (Å²) in [7, 11) is 0. The molecule has 0 saturated carbocycles. The maximum absolute atomic E-state index is 11.4. The molecule has 18 heavy (non-hydrogen) atoms. The van der Waals surface area contributed by atoms with Crippen molar-refractivity contribution < 1.29 is 9.53 Å². The Morgan fingerprint density at radius 3 is 2.94 bits per heavy atom. The minimum atomic E-state index is -0.311. The molecule has 1 aromatic rings. The molecule has 1 aromatic carbocycles. The fourth-order valence-corrected chi connectivity index (χ4v) is 1.82. The highest BCUT2D eigenvalue weighted by molar-refractivity contribution is 9.10. The van der Waals surface area contributed by atoms with Gasteiger partial charge in [0.2, 0.25) is 0 Å². The highest BCUT2D eigenvalue weighted by Gasteiger charge is 2.05. The zero-order chi connectivity index (χ0) is 13.5. The maximum atomic E-state index is 11.4. The van der Waals surface area contributed by atoms with Crippen LogP contribution in [0.4, 0.5) is 0 Å². The molecule has 0 atom stereocenters. The lowest BCUT2D eigenvalue weighted by atomic mass is 10.3. The SMILES string of the molecule is CC(C)/C=N/NC(=O)COc1ccc(Cl)cc1Br. The monoisotopic (exact) mass is 332 g/mol. The number of hydrogen-bond acceptors (Lipinski definition) is 3. The molecule has 0 unspecified atom stereocenters. The van der Waals surface area contributed by atoms with Crippen LogP contribution in [0.5, 0.6) is 5.75 Å². The molecular weight excluding hydrogens is 320 g/mol.